The van der Waals surface area contributed by atoms with E-state index in [0.29, 0.717) is 18.9 Å². The summed E-state index contributed by atoms with van der Waals surface area (Å²) in [5.41, 5.74) is -1.01. The second-order valence-electron chi connectivity index (χ2n) is 9.27. The molecule has 0 aromatic rings. The van der Waals surface area contributed by atoms with Gasteiger partial charge < -0.3 is 14.4 Å². The van der Waals surface area contributed by atoms with Crippen LogP contribution in [-0.4, -0.2) is 40.8 Å². The van der Waals surface area contributed by atoms with Crippen LogP contribution in [0.15, 0.2) is 12.7 Å². The molecule has 5 nitrogen and oxygen atoms in total. The van der Waals surface area contributed by atoms with Crippen LogP contribution in [0.4, 0.5) is 4.79 Å². The molecule has 25 heavy (non-hydrogen) atoms. The van der Waals surface area contributed by atoms with Crippen LogP contribution >= 0.6 is 0 Å². The standard InChI is InChI=1S/C20H33NO4/c1-8-9-13-10-11-21(18(23)25-20(5,6)7)15-12-14(16(13)15)17(22)24-19(2,3)4/h8,13-16H,1,9-12H2,2-7H3/t13-,14+,15+,16-/m1/s1. The highest BCUT2D eigenvalue weighted by Gasteiger charge is 2.55. The van der Waals surface area contributed by atoms with Crippen LogP contribution in [0, 0.1) is 17.8 Å². The van der Waals surface area contributed by atoms with Crippen molar-refractivity contribution in [3.05, 3.63) is 12.7 Å². The monoisotopic (exact) mass is 351 g/mol. The second-order valence-corrected chi connectivity index (χ2v) is 9.27. The summed E-state index contributed by atoms with van der Waals surface area (Å²) in [6.45, 7) is 15.8. The molecule has 0 N–H and O–H groups in total. The summed E-state index contributed by atoms with van der Waals surface area (Å²) in [4.78, 5) is 26.9. The smallest absolute Gasteiger partial charge is 0.410 e. The Morgan fingerprint density at radius 2 is 1.72 bits per heavy atom. The summed E-state index contributed by atoms with van der Waals surface area (Å²) in [5, 5.41) is 0. The fourth-order valence-corrected chi connectivity index (χ4v) is 3.95. The first-order chi connectivity index (χ1) is 11.4. The van der Waals surface area contributed by atoms with Gasteiger partial charge in [0.15, 0.2) is 0 Å². The lowest BCUT2D eigenvalue weighted by atomic mass is 9.59. The number of likely N-dealkylation sites (tertiary alicyclic amines) is 1. The number of nitrogens with zero attached hydrogens (tertiary/aromatic N) is 1. The fourth-order valence-electron chi connectivity index (χ4n) is 3.95. The van der Waals surface area contributed by atoms with Gasteiger partial charge in [-0.1, -0.05) is 6.08 Å². The molecular formula is C20H33NO4. The highest BCUT2D eigenvalue weighted by Crippen LogP contribution is 2.49. The van der Waals surface area contributed by atoms with E-state index >= 15 is 0 Å². The van der Waals surface area contributed by atoms with Gasteiger partial charge in [0.25, 0.3) is 0 Å². The summed E-state index contributed by atoms with van der Waals surface area (Å²) in [5.74, 6) is 0.217. The van der Waals surface area contributed by atoms with Gasteiger partial charge in [-0.2, -0.15) is 0 Å². The molecule has 142 valence electrons. The summed E-state index contributed by atoms with van der Waals surface area (Å²) >= 11 is 0. The van der Waals surface area contributed by atoms with Crippen molar-refractivity contribution < 1.29 is 19.1 Å². The second kappa shape index (κ2) is 7.00. The van der Waals surface area contributed by atoms with Crippen molar-refractivity contribution in [2.75, 3.05) is 6.54 Å². The molecule has 1 aliphatic carbocycles. The molecule has 0 spiro atoms. The lowest BCUT2D eigenvalue weighted by molar-refractivity contribution is -0.176. The number of piperidine rings is 1. The van der Waals surface area contributed by atoms with E-state index < -0.39 is 11.2 Å². The molecule has 1 saturated carbocycles. The number of allylic oxidation sites excluding steroid dienone is 1. The molecule has 1 aliphatic heterocycles. The number of amides is 1. The van der Waals surface area contributed by atoms with Crippen LogP contribution in [0.3, 0.4) is 0 Å². The third kappa shape index (κ3) is 4.77. The highest BCUT2D eigenvalue weighted by atomic mass is 16.6. The van der Waals surface area contributed by atoms with Crippen molar-refractivity contribution in [1.82, 2.24) is 4.90 Å². The molecular weight excluding hydrogens is 318 g/mol. The number of esters is 1. The Hall–Kier alpha value is -1.52. The third-order valence-corrected chi connectivity index (χ3v) is 4.90. The average molecular weight is 351 g/mol. The molecule has 0 radical (unpaired) electrons. The van der Waals surface area contributed by atoms with E-state index in [0.717, 1.165) is 12.8 Å². The summed E-state index contributed by atoms with van der Waals surface area (Å²) < 4.78 is 11.1. The van der Waals surface area contributed by atoms with Crippen molar-refractivity contribution in [2.24, 2.45) is 17.8 Å². The van der Waals surface area contributed by atoms with Gasteiger partial charge in [-0.3, -0.25) is 4.79 Å². The van der Waals surface area contributed by atoms with Gasteiger partial charge in [0.2, 0.25) is 0 Å². The SMILES string of the molecule is C=CC[C@@H]1CCN(C(=O)OC(C)(C)C)[C@H]2C[C@H](C(=O)OC(C)(C)C)[C@@H]12. The Bertz CT molecular complexity index is 529. The molecule has 2 rings (SSSR count). The molecule has 1 amide bonds. The zero-order valence-electron chi connectivity index (χ0n) is 16.5. The first-order valence-corrected chi connectivity index (χ1v) is 9.26. The number of hydrogen-bond acceptors (Lipinski definition) is 4. The Morgan fingerprint density at radius 3 is 2.24 bits per heavy atom. The van der Waals surface area contributed by atoms with Crippen molar-refractivity contribution >= 4 is 12.1 Å². The molecule has 0 bridgehead atoms. The molecule has 2 fully saturated rings. The fraction of sp³-hybridized carbons (Fsp3) is 0.800. The van der Waals surface area contributed by atoms with Gasteiger partial charge in [-0.25, -0.2) is 4.79 Å². The maximum absolute atomic E-state index is 12.6. The van der Waals surface area contributed by atoms with Gasteiger partial charge in [-0.15, -0.1) is 6.58 Å². The Balaban J connectivity index is 2.12. The van der Waals surface area contributed by atoms with E-state index in [9.17, 15) is 9.59 Å². The van der Waals surface area contributed by atoms with Crippen LogP contribution in [0.1, 0.15) is 60.8 Å². The number of carbonyl (C=O) groups excluding carboxylic acids is 2. The van der Waals surface area contributed by atoms with Crippen molar-refractivity contribution in [1.29, 1.82) is 0 Å². The van der Waals surface area contributed by atoms with E-state index in [-0.39, 0.29) is 29.9 Å². The number of fused-ring (bicyclic) bond motifs is 1. The number of rotatable bonds is 3. The molecule has 1 heterocycles. The Kier molecular flexibility index (Phi) is 5.55. The summed E-state index contributed by atoms with van der Waals surface area (Å²) in [6, 6.07) is 0.0612. The lowest BCUT2D eigenvalue weighted by Gasteiger charge is -2.55. The molecule has 2 aliphatic rings. The highest BCUT2D eigenvalue weighted by molar-refractivity contribution is 5.76. The lowest BCUT2D eigenvalue weighted by Crippen LogP contribution is -2.63. The average Bonchev–Trinajstić information content (AvgIpc) is 2.36. The topological polar surface area (TPSA) is 55.8 Å². The predicted octanol–water partition coefficient (Wildman–Crippen LogP) is 4.17. The number of hydrogen-bond donors (Lipinski definition) is 0. The first kappa shape index (κ1) is 19.8. The maximum atomic E-state index is 12.6. The van der Waals surface area contributed by atoms with Gasteiger partial charge in [0, 0.05) is 12.6 Å². The number of carbonyl (C=O) groups is 2. The Morgan fingerprint density at radius 1 is 1.12 bits per heavy atom. The molecule has 5 heteroatoms. The zero-order chi connectivity index (χ0) is 19.0. The van der Waals surface area contributed by atoms with E-state index in [4.69, 9.17) is 9.47 Å². The van der Waals surface area contributed by atoms with Crippen molar-refractivity contribution in [3.63, 3.8) is 0 Å². The first-order valence-electron chi connectivity index (χ1n) is 9.26. The van der Waals surface area contributed by atoms with Crippen LogP contribution < -0.4 is 0 Å². The summed E-state index contributed by atoms with van der Waals surface area (Å²) in [6.07, 6.45) is 4.03. The van der Waals surface area contributed by atoms with E-state index in [1.54, 1.807) is 0 Å². The number of ether oxygens (including phenoxy) is 2. The minimum absolute atomic E-state index is 0.0612. The van der Waals surface area contributed by atoms with E-state index in [2.05, 4.69) is 6.58 Å². The van der Waals surface area contributed by atoms with Crippen LogP contribution in [0.25, 0.3) is 0 Å². The molecule has 4 atom stereocenters. The molecule has 0 unspecified atom stereocenters. The van der Waals surface area contributed by atoms with Gasteiger partial charge in [0.1, 0.15) is 11.2 Å². The third-order valence-electron chi connectivity index (χ3n) is 4.90. The largest absolute Gasteiger partial charge is 0.460 e. The minimum Gasteiger partial charge on any atom is -0.460 e. The van der Waals surface area contributed by atoms with E-state index in [1.807, 2.05) is 52.5 Å². The van der Waals surface area contributed by atoms with Crippen molar-refractivity contribution in [2.45, 2.75) is 78.0 Å². The normalized spacial score (nSPS) is 29.3. The maximum Gasteiger partial charge on any atom is 0.410 e. The quantitative estimate of drug-likeness (QED) is 0.566. The van der Waals surface area contributed by atoms with Gasteiger partial charge >= 0.3 is 12.1 Å². The van der Waals surface area contributed by atoms with Crippen molar-refractivity contribution in [3.8, 4) is 0 Å². The van der Waals surface area contributed by atoms with Crippen LogP contribution in [-0.2, 0) is 14.3 Å². The zero-order valence-corrected chi connectivity index (χ0v) is 16.5. The van der Waals surface area contributed by atoms with Crippen LogP contribution in [0.2, 0.25) is 0 Å². The summed E-state index contributed by atoms with van der Waals surface area (Å²) in [7, 11) is 0. The van der Waals surface area contributed by atoms with Crippen LogP contribution in [0.5, 0.6) is 0 Å². The van der Waals surface area contributed by atoms with Gasteiger partial charge in [0.05, 0.1) is 5.92 Å². The predicted molar refractivity (Wildman–Crippen MR) is 97.1 cm³/mol. The molecule has 0 aromatic carbocycles. The Labute approximate surface area is 151 Å². The molecule has 0 aromatic heterocycles. The van der Waals surface area contributed by atoms with E-state index in [1.165, 1.54) is 0 Å². The molecule has 1 saturated heterocycles. The minimum atomic E-state index is -0.515. The van der Waals surface area contributed by atoms with Gasteiger partial charge in [-0.05, 0) is 72.6 Å².